The van der Waals surface area contributed by atoms with E-state index in [1.54, 1.807) is 17.0 Å². The van der Waals surface area contributed by atoms with Crippen LogP contribution < -0.4 is 10.1 Å². The first-order chi connectivity index (χ1) is 11.5. The summed E-state index contributed by atoms with van der Waals surface area (Å²) in [6, 6.07) is 4.76. The normalized spacial score (nSPS) is 21.5. The number of ether oxygens (including phenoxy) is 1. The zero-order chi connectivity index (χ0) is 17.1. The molecule has 2 aliphatic rings. The first-order valence-electron chi connectivity index (χ1n) is 8.79. The number of nitrogens with one attached hydrogen (secondary N) is 1. The Hall–Kier alpha value is -1.82. The Kier molecular flexibility index (Phi) is 5.23. The number of hydrogen-bond donors (Lipinski definition) is 1. The van der Waals surface area contributed by atoms with Gasteiger partial charge >= 0.3 is 6.03 Å². The summed E-state index contributed by atoms with van der Waals surface area (Å²) in [5.74, 6) is -0.00689. The number of anilines is 1. The lowest BCUT2D eigenvalue weighted by Gasteiger charge is -2.23. The van der Waals surface area contributed by atoms with Crippen LogP contribution in [0.15, 0.2) is 18.2 Å². The quantitative estimate of drug-likeness (QED) is 0.918. The SMILES string of the molecule is CC(C)Oc1ccc(NC(=O)N2CC[C@H](N3CCCC3)C2)c(F)c1. The van der Waals surface area contributed by atoms with Crippen LogP contribution in [-0.4, -0.2) is 54.2 Å². The minimum atomic E-state index is -0.475. The van der Waals surface area contributed by atoms with Crippen molar-refractivity contribution < 1.29 is 13.9 Å². The molecule has 0 aliphatic carbocycles. The molecule has 0 radical (unpaired) electrons. The molecule has 0 aromatic heterocycles. The topological polar surface area (TPSA) is 44.8 Å². The number of carbonyl (C=O) groups excluding carboxylic acids is 1. The standard InChI is InChI=1S/C18H26FN3O2/c1-13(2)24-15-5-6-17(16(19)11-15)20-18(23)22-10-7-14(12-22)21-8-3-4-9-21/h5-6,11,13-14H,3-4,7-10,12H2,1-2H3,(H,20,23)/t14-/m0/s1. The van der Waals surface area contributed by atoms with E-state index in [1.165, 1.54) is 18.9 Å². The smallest absolute Gasteiger partial charge is 0.321 e. The molecule has 3 rings (SSSR count). The van der Waals surface area contributed by atoms with Crippen molar-refractivity contribution in [2.24, 2.45) is 0 Å². The van der Waals surface area contributed by atoms with Crippen LogP contribution in [0.1, 0.15) is 33.1 Å². The van der Waals surface area contributed by atoms with Crippen LogP contribution in [0.25, 0.3) is 0 Å². The molecular formula is C18H26FN3O2. The molecule has 2 amide bonds. The number of urea groups is 1. The third kappa shape index (κ3) is 3.98. The van der Waals surface area contributed by atoms with Crippen LogP contribution in [0.2, 0.25) is 0 Å². The van der Waals surface area contributed by atoms with Gasteiger partial charge < -0.3 is 15.0 Å². The van der Waals surface area contributed by atoms with Gasteiger partial charge in [0, 0.05) is 25.2 Å². The molecule has 0 unspecified atom stereocenters. The minimum absolute atomic E-state index is 0.0167. The summed E-state index contributed by atoms with van der Waals surface area (Å²) in [7, 11) is 0. The van der Waals surface area contributed by atoms with Gasteiger partial charge in [-0.3, -0.25) is 4.90 Å². The summed E-state index contributed by atoms with van der Waals surface area (Å²) in [6.07, 6.45) is 3.48. The van der Waals surface area contributed by atoms with Gasteiger partial charge in [0.25, 0.3) is 0 Å². The third-order valence-corrected chi connectivity index (χ3v) is 4.66. The van der Waals surface area contributed by atoms with E-state index in [4.69, 9.17) is 4.74 Å². The molecule has 1 aromatic carbocycles. The number of hydrogen-bond acceptors (Lipinski definition) is 3. The molecule has 1 atom stereocenters. The Morgan fingerprint density at radius 3 is 2.71 bits per heavy atom. The molecule has 0 saturated carbocycles. The van der Waals surface area contributed by atoms with Crippen LogP contribution in [-0.2, 0) is 0 Å². The van der Waals surface area contributed by atoms with Gasteiger partial charge in [-0.15, -0.1) is 0 Å². The van der Waals surface area contributed by atoms with Gasteiger partial charge in [0.15, 0.2) is 0 Å². The fourth-order valence-electron chi connectivity index (χ4n) is 3.47. The Morgan fingerprint density at radius 1 is 1.29 bits per heavy atom. The molecule has 2 saturated heterocycles. The maximum absolute atomic E-state index is 14.1. The summed E-state index contributed by atoms with van der Waals surface area (Å²) in [6.45, 7) is 7.48. The largest absolute Gasteiger partial charge is 0.491 e. The van der Waals surface area contributed by atoms with E-state index in [-0.39, 0.29) is 17.8 Å². The zero-order valence-electron chi connectivity index (χ0n) is 14.4. The average Bonchev–Trinajstić information content (AvgIpc) is 3.19. The molecule has 1 aromatic rings. The maximum Gasteiger partial charge on any atom is 0.321 e. The second kappa shape index (κ2) is 7.38. The number of likely N-dealkylation sites (tertiary alicyclic amines) is 2. The van der Waals surface area contributed by atoms with Crippen molar-refractivity contribution in [2.45, 2.75) is 45.3 Å². The van der Waals surface area contributed by atoms with E-state index >= 15 is 0 Å². The van der Waals surface area contributed by atoms with Crippen LogP contribution in [0.5, 0.6) is 5.75 Å². The molecule has 0 spiro atoms. The number of nitrogens with zero attached hydrogens (tertiary/aromatic N) is 2. The Labute approximate surface area is 142 Å². The van der Waals surface area contributed by atoms with Crippen molar-refractivity contribution in [1.29, 1.82) is 0 Å². The highest BCUT2D eigenvalue weighted by Crippen LogP contribution is 2.24. The van der Waals surface area contributed by atoms with Crippen LogP contribution in [0.4, 0.5) is 14.9 Å². The van der Waals surface area contributed by atoms with Crippen LogP contribution in [0, 0.1) is 5.82 Å². The highest BCUT2D eigenvalue weighted by Gasteiger charge is 2.31. The number of carbonyl (C=O) groups is 1. The predicted octanol–water partition coefficient (Wildman–Crippen LogP) is 3.31. The summed E-state index contributed by atoms with van der Waals surface area (Å²) in [4.78, 5) is 16.6. The molecule has 0 bridgehead atoms. The van der Waals surface area contributed by atoms with E-state index in [0.29, 0.717) is 11.8 Å². The molecular weight excluding hydrogens is 309 g/mol. The summed E-state index contributed by atoms with van der Waals surface area (Å²) in [5, 5.41) is 2.68. The first-order valence-corrected chi connectivity index (χ1v) is 8.79. The lowest BCUT2D eigenvalue weighted by molar-refractivity contribution is 0.210. The number of rotatable bonds is 4. The van der Waals surface area contributed by atoms with Gasteiger partial charge in [0.2, 0.25) is 0 Å². The second-order valence-corrected chi connectivity index (χ2v) is 6.87. The maximum atomic E-state index is 14.1. The Balaban J connectivity index is 1.57. The number of amides is 2. The molecule has 2 aliphatic heterocycles. The van der Waals surface area contributed by atoms with Crippen molar-refractivity contribution in [3.63, 3.8) is 0 Å². The average molecular weight is 335 g/mol. The highest BCUT2D eigenvalue weighted by molar-refractivity contribution is 5.89. The van der Waals surface area contributed by atoms with E-state index in [0.717, 1.165) is 32.6 Å². The lowest BCUT2D eigenvalue weighted by Crippen LogP contribution is -2.38. The van der Waals surface area contributed by atoms with Crippen molar-refractivity contribution in [3.8, 4) is 5.75 Å². The van der Waals surface area contributed by atoms with Gasteiger partial charge in [-0.05, 0) is 58.3 Å². The second-order valence-electron chi connectivity index (χ2n) is 6.87. The van der Waals surface area contributed by atoms with E-state index < -0.39 is 5.82 Å². The number of halogens is 1. The molecule has 132 valence electrons. The van der Waals surface area contributed by atoms with Crippen molar-refractivity contribution in [3.05, 3.63) is 24.0 Å². The van der Waals surface area contributed by atoms with Gasteiger partial charge in [0.05, 0.1) is 11.8 Å². The first kappa shape index (κ1) is 17.0. The molecule has 2 fully saturated rings. The van der Waals surface area contributed by atoms with E-state index in [2.05, 4.69) is 10.2 Å². The molecule has 24 heavy (non-hydrogen) atoms. The van der Waals surface area contributed by atoms with E-state index in [1.807, 2.05) is 13.8 Å². The minimum Gasteiger partial charge on any atom is -0.491 e. The Bertz CT molecular complexity index is 588. The molecule has 2 heterocycles. The summed E-state index contributed by atoms with van der Waals surface area (Å²) in [5.41, 5.74) is 0.195. The van der Waals surface area contributed by atoms with Gasteiger partial charge in [-0.25, -0.2) is 9.18 Å². The fraction of sp³-hybridized carbons (Fsp3) is 0.611. The van der Waals surface area contributed by atoms with Crippen molar-refractivity contribution in [2.75, 3.05) is 31.5 Å². The van der Waals surface area contributed by atoms with Crippen molar-refractivity contribution in [1.82, 2.24) is 9.80 Å². The van der Waals surface area contributed by atoms with E-state index in [9.17, 15) is 9.18 Å². The van der Waals surface area contributed by atoms with Gasteiger partial charge in [-0.1, -0.05) is 0 Å². The highest BCUT2D eigenvalue weighted by atomic mass is 19.1. The van der Waals surface area contributed by atoms with Crippen molar-refractivity contribution >= 4 is 11.7 Å². The zero-order valence-corrected chi connectivity index (χ0v) is 14.4. The van der Waals surface area contributed by atoms with Gasteiger partial charge in [0.1, 0.15) is 11.6 Å². The molecule has 5 nitrogen and oxygen atoms in total. The predicted molar refractivity (Wildman–Crippen MR) is 92.0 cm³/mol. The molecule has 6 heteroatoms. The monoisotopic (exact) mass is 335 g/mol. The fourth-order valence-corrected chi connectivity index (χ4v) is 3.47. The summed E-state index contributed by atoms with van der Waals surface area (Å²) >= 11 is 0. The van der Waals surface area contributed by atoms with Crippen LogP contribution in [0.3, 0.4) is 0 Å². The van der Waals surface area contributed by atoms with Gasteiger partial charge in [-0.2, -0.15) is 0 Å². The van der Waals surface area contributed by atoms with Crippen LogP contribution >= 0.6 is 0 Å². The third-order valence-electron chi connectivity index (χ3n) is 4.66. The molecule has 1 N–H and O–H groups in total. The lowest BCUT2D eigenvalue weighted by atomic mass is 10.2. The Morgan fingerprint density at radius 2 is 2.04 bits per heavy atom. The number of benzene rings is 1. The summed E-state index contributed by atoms with van der Waals surface area (Å²) < 4.78 is 19.6.